The van der Waals surface area contributed by atoms with Crippen LogP contribution in [0, 0.1) is 0 Å². The predicted molar refractivity (Wildman–Crippen MR) is 181 cm³/mol. The number of rotatable bonds is 5. The van der Waals surface area contributed by atoms with Gasteiger partial charge in [-0.25, -0.2) is 4.99 Å². The van der Waals surface area contributed by atoms with E-state index < -0.39 is 0 Å². The summed E-state index contributed by atoms with van der Waals surface area (Å²) in [6.45, 7) is 0.743. The van der Waals surface area contributed by atoms with Gasteiger partial charge in [0.2, 0.25) is 0 Å². The number of methoxy groups -OCH3 is 1. The van der Waals surface area contributed by atoms with Crippen molar-refractivity contribution >= 4 is 49.9 Å². The Bertz CT molecular complexity index is 2270. The van der Waals surface area contributed by atoms with Gasteiger partial charge < -0.3 is 9.30 Å². The fourth-order valence-electron chi connectivity index (χ4n) is 6.56. The molecule has 0 bridgehead atoms. The Morgan fingerprint density at radius 1 is 0.955 bits per heavy atom. The van der Waals surface area contributed by atoms with Crippen molar-refractivity contribution < 1.29 is 4.74 Å². The van der Waals surface area contributed by atoms with Gasteiger partial charge in [0.1, 0.15) is 5.75 Å². The number of ether oxygens (including phenoxy) is 1. The normalized spacial score (nSPS) is 16.0. The number of benzene rings is 4. The number of halogens is 1. The Labute approximate surface area is 266 Å². The molecule has 1 aliphatic heterocycles. The molecule has 8 rings (SSSR count). The molecule has 5 nitrogen and oxygen atoms in total. The summed E-state index contributed by atoms with van der Waals surface area (Å²) < 4.78 is 11.4. The molecule has 0 amide bonds. The van der Waals surface area contributed by atoms with Crippen LogP contribution in [-0.2, 0) is 13.0 Å². The Morgan fingerprint density at radius 3 is 2.55 bits per heavy atom. The number of hydrogen-bond donors (Lipinski definition) is 0. The van der Waals surface area contributed by atoms with E-state index in [-0.39, 0.29) is 11.6 Å². The highest BCUT2D eigenvalue weighted by molar-refractivity contribution is 9.10. The minimum atomic E-state index is -0.221. The van der Waals surface area contributed by atoms with Crippen LogP contribution in [0.1, 0.15) is 40.3 Å². The van der Waals surface area contributed by atoms with Gasteiger partial charge in [-0.1, -0.05) is 94.0 Å². The van der Waals surface area contributed by atoms with E-state index in [1.165, 1.54) is 33.6 Å². The second-order valence-corrected chi connectivity index (χ2v) is 13.2. The van der Waals surface area contributed by atoms with Crippen LogP contribution in [0.3, 0.4) is 0 Å². The third-order valence-electron chi connectivity index (χ3n) is 8.68. The fraction of sp³-hybridized carbons (Fsp3) is 0.135. The van der Waals surface area contributed by atoms with E-state index in [4.69, 9.17) is 9.73 Å². The van der Waals surface area contributed by atoms with Crippen molar-refractivity contribution in [2.75, 3.05) is 7.11 Å². The van der Waals surface area contributed by atoms with E-state index in [0.29, 0.717) is 4.53 Å². The van der Waals surface area contributed by atoms with Gasteiger partial charge in [-0.15, -0.1) is 0 Å². The second kappa shape index (κ2) is 10.9. The quantitative estimate of drug-likeness (QED) is 0.199. The summed E-state index contributed by atoms with van der Waals surface area (Å²) >= 11 is 5.01. The summed E-state index contributed by atoms with van der Waals surface area (Å²) in [6.07, 6.45) is 6.00. The van der Waals surface area contributed by atoms with E-state index >= 15 is 0 Å². The maximum Gasteiger partial charge on any atom is 0.271 e. The number of nitrogens with zero attached hydrogens (tertiary/aromatic N) is 3. The first-order valence-electron chi connectivity index (χ1n) is 14.7. The molecule has 0 radical (unpaired) electrons. The molecule has 216 valence electrons. The predicted octanol–water partition coefficient (Wildman–Crippen LogP) is 7.09. The van der Waals surface area contributed by atoms with Gasteiger partial charge in [0.15, 0.2) is 4.80 Å². The number of fused-ring (bicyclic) bond motifs is 4. The molecular weight excluding hydrogens is 630 g/mol. The summed E-state index contributed by atoms with van der Waals surface area (Å²) in [5.74, 6) is 0.795. The molecule has 1 aliphatic carbocycles. The Kier molecular flexibility index (Phi) is 6.73. The molecule has 0 saturated heterocycles. The molecule has 1 unspecified atom stereocenters. The summed E-state index contributed by atoms with van der Waals surface area (Å²) in [5.41, 5.74) is 9.10. The number of allylic oxidation sites excluding steroid dienone is 1. The number of aromatic nitrogens is 2. The number of thiazole rings is 1. The van der Waals surface area contributed by atoms with Crippen LogP contribution in [0.25, 0.3) is 22.7 Å². The molecule has 6 aromatic rings. The largest absolute Gasteiger partial charge is 0.497 e. The SMILES string of the molecule is COc1ccc(C2C3=C(N=c4s/c(=C\c5cn(Cc6ccc(Br)cc6)c6ccccc56)c(=O)n42)c2ccccc2CC3)cc1. The molecule has 0 fully saturated rings. The third kappa shape index (κ3) is 4.59. The highest BCUT2D eigenvalue weighted by Gasteiger charge is 2.32. The van der Waals surface area contributed by atoms with Gasteiger partial charge in [0.05, 0.1) is 23.4 Å². The molecular formula is C37H28BrN3O2S. The average molecular weight is 659 g/mol. The van der Waals surface area contributed by atoms with E-state index in [1.807, 2.05) is 22.8 Å². The minimum Gasteiger partial charge on any atom is -0.497 e. The van der Waals surface area contributed by atoms with Crippen molar-refractivity contribution in [3.05, 3.63) is 161 Å². The smallest absolute Gasteiger partial charge is 0.271 e. The van der Waals surface area contributed by atoms with Crippen molar-refractivity contribution in [1.29, 1.82) is 0 Å². The number of aryl methyl sites for hydroxylation is 1. The van der Waals surface area contributed by atoms with Crippen LogP contribution in [0.2, 0.25) is 0 Å². The number of para-hydroxylation sites is 1. The monoisotopic (exact) mass is 657 g/mol. The van der Waals surface area contributed by atoms with Crippen LogP contribution in [0.4, 0.5) is 0 Å². The van der Waals surface area contributed by atoms with E-state index in [1.54, 1.807) is 7.11 Å². The highest BCUT2D eigenvalue weighted by atomic mass is 79.9. The molecule has 3 heterocycles. The minimum absolute atomic E-state index is 0.00952. The first-order chi connectivity index (χ1) is 21.6. The van der Waals surface area contributed by atoms with Crippen LogP contribution < -0.4 is 19.6 Å². The van der Waals surface area contributed by atoms with Crippen molar-refractivity contribution in [3.63, 3.8) is 0 Å². The lowest BCUT2D eigenvalue weighted by atomic mass is 9.83. The second-order valence-electron chi connectivity index (χ2n) is 11.2. The lowest BCUT2D eigenvalue weighted by Gasteiger charge is -2.30. The zero-order chi connectivity index (χ0) is 29.8. The topological polar surface area (TPSA) is 48.5 Å². The van der Waals surface area contributed by atoms with Crippen molar-refractivity contribution in [1.82, 2.24) is 9.13 Å². The summed E-state index contributed by atoms with van der Waals surface area (Å²) in [4.78, 5) is 20.2. The molecule has 2 aliphatic rings. The van der Waals surface area contributed by atoms with Crippen LogP contribution in [-0.4, -0.2) is 16.2 Å². The molecule has 1 atom stereocenters. The highest BCUT2D eigenvalue weighted by Crippen LogP contribution is 2.41. The van der Waals surface area contributed by atoms with Gasteiger partial charge in [0.25, 0.3) is 5.56 Å². The van der Waals surface area contributed by atoms with Crippen molar-refractivity contribution in [3.8, 4) is 5.75 Å². The van der Waals surface area contributed by atoms with Crippen LogP contribution >= 0.6 is 27.3 Å². The van der Waals surface area contributed by atoms with Gasteiger partial charge in [0, 0.05) is 39.2 Å². The van der Waals surface area contributed by atoms with E-state index in [0.717, 1.165) is 62.1 Å². The summed E-state index contributed by atoms with van der Waals surface area (Å²) in [6, 6.07) is 33.2. The standard InChI is InChI=1S/C37H28BrN3O2S/c1-43-28-17-12-25(13-18-28)35-31-19-14-24-6-2-3-8-30(24)34(31)39-37-41(35)36(42)33(44-37)20-26-22-40(32-9-5-4-7-29(26)32)21-23-10-15-27(38)16-11-23/h2-13,15-18,20,22,35H,14,19,21H2,1H3/b33-20-. The molecule has 0 N–H and O–H groups in total. The maximum absolute atomic E-state index is 14.3. The molecule has 0 spiro atoms. The van der Waals surface area contributed by atoms with Crippen molar-refractivity contribution in [2.24, 2.45) is 4.99 Å². The molecule has 44 heavy (non-hydrogen) atoms. The lowest BCUT2D eigenvalue weighted by molar-refractivity contribution is 0.414. The average Bonchev–Trinajstić information content (AvgIpc) is 3.57. The van der Waals surface area contributed by atoms with Crippen LogP contribution in [0.5, 0.6) is 5.75 Å². The summed E-state index contributed by atoms with van der Waals surface area (Å²) in [5, 5.41) is 1.12. The van der Waals surface area contributed by atoms with Gasteiger partial charge in [-0.2, -0.15) is 0 Å². The lowest BCUT2D eigenvalue weighted by Crippen LogP contribution is -2.38. The first-order valence-corrected chi connectivity index (χ1v) is 16.3. The fourth-order valence-corrected chi connectivity index (χ4v) is 7.81. The maximum atomic E-state index is 14.3. The Hall–Kier alpha value is -4.46. The van der Waals surface area contributed by atoms with Crippen LogP contribution in [0.15, 0.2) is 123 Å². The molecule has 7 heteroatoms. The Balaban J connectivity index is 1.31. The number of hydrogen-bond acceptors (Lipinski definition) is 4. The van der Waals surface area contributed by atoms with Gasteiger partial charge >= 0.3 is 0 Å². The van der Waals surface area contributed by atoms with E-state index in [2.05, 4.69) is 112 Å². The summed E-state index contributed by atoms with van der Waals surface area (Å²) in [7, 11) is 1.67. The molecule has 2 aromatic heterocycles. The first kappa shape index (κ1) is 27.1. The molecule has 0 saturated carbocycles. The zero-order valence-electron chi connectivity index (χ0n) is 24.0. The van der Waals surface area contributed by atoms with Crippen molar-refractivity contribution in [2.45, 2.75) is 25.4 Å². The van der Waals surface area contributed by atoms with Gasteiger partial charge in [-0.05, 0) is 71.5 Å². The van der Waals surface area contributed by atoms with E-state index in [9.17, 15) is 4.79 Å². The Morgan fingerprint density at radius 2 is 1.73 bits per heavy atom. The zero-order valence-corrected chi connectivity index (χ0v) is 26.4. The third-order valence-corrected chi connectivity index (χ3v) is 10.2. The molecule has 4 aromatic carbocycles. The van der Waals surface area contributed by atoms with Gasteiger partial charge in [-0.3, -0.25) is 9.36 Å².